The van der Waals surface area contributed by atoms with Crippen molar-refractivity contribution < 1.29 is 18.3 Å². The van der Waals surface area contributed by atoms with Crippen LogP contribution in [0.1, 0.15) is 31.2 Å². The van der Waals surface area contributed by atoms with Gasteiger partial charge in [-0.2, -0.15) is 13.2 Å². The molecule has 0 aliphatic heterocycles. The van der Waals surface area contributed by atoms with Gasteiger partial charge in [0.25, 0.3) is 0 Å². The van der Waals surface area contributed by atoms with E-state index in [1.54, 1.807) is 6.07 Å². The van der Waals surface area contributed by atoms with Crippen molar-refractivity contribution in [2.75, 3.05) is 5.32 Å². The van der Waals surface area contributed by atoms with E-state index in [2.05, 4.69) is 21.2 Å². The Kier molecular flexibility index (Phi) is 4.40. The normalized spacial score (nSPS) is 24.3. The molecule has 106 valence electrons. The molecule has 0 amide bonds. The number of anilines is 1. The summed E-state index contributed by atoms with van der Waals surface area (Å²) in [7, 11) is 0. The molecule has 0 spiro atoms. The number of hydrogen-bond donors (Lipinski definition) is 2. The van der Waals surface area contributed by atoms with E-state index in [1.807, 2.05) is 0 Å². The highest BCUT2D eigenvalue weighted by atomic mass is 79.9. The number of rotatable bonds is 2. The van der Waals surface area contributed by atoms with Crippen molar-refractivity contribution in [1.82, 2.24) is 0 Å². The predicted octanol–water partition coefficient (Wildman–Crippen LogP) is 4.18. The fourth-order valence-electron chi connectivity index (χ4n) is 2.29. The minimum Gasteiger partial charge on any atom is -0.393 e. The number of hydrogen-bond acceptors (Lipinski definition) is 2. The Labute approximate surface area is 118 Å². The van der Waals surface area contributed by atoms with Crippen LogP contribution in [-0.2, 0) is 6.18 Å². The molecule has 2 N–H and O–H groups in total. The first-order chi connectivity index (χ1) is 8.84. The second-order valence-corrected chi connectivity index (χ2v) is 5.79. The summed E-state index contributed by atoms with van der Waals surface area (Å²) in [5.41, 5.74) is -0.205. The Hall–Kier alpha value is -0.750. The van der Waals surface area contributed by atoms with Crippen molar-refractivity contribution in [3.8, 4) is 0 Å². The molecule has 1 aromatic rings. The Morgan fingerprint density at radius 2 is 1.74 bits per heavy atom. The van der Waals surface area contributed by atoms with E-state index in [4.69, 9.17) is 0 Å². The number of aliphatic hydroxyl groups excluding tert-OH is 1. The van der Waals surface area contributed by atoms with Crippen molar-refractivity contribution >= 4 is 21.6 Å². The molecule has 0 saturated heterocycles. The molecule has 19 heavy (non-hydrogen) atoms. The molecule has 6 heteroatoms. The van der Waals surface area contributed by atoms with Crippen LogP contribution < -0.4 is 5.32 Å². The monoisotopic (exact) mass is 337 g/mol. The van der Waals surface area contributed by atoms with E-state index in [0.29, 0.717) is 23.0 Å². The summed E-state index contributed by atoms with van der Waals surface area (Å²) in [4.78, 5) is 0. The van der Waals surface area contributed by atoms with Crippen LogP contribution in [0.15, 0.2) is 22.7 Å². The van der Waals surface area contributed by atoms with Crippen LogP contribution in [0, 0.1) is 0 Å². The summed E-state index contributed by atoms with van der Waals surface area (Å²) in [6.45, 7) is 0. The Bertz CT molecular complexity index is 442. The molecule has 1 fully saturated rings. The van der Waals surface area contributed by atoms with Gasteiger partial charge < -0.3 is 10.4 Å². The lowest BCUT2D eigenvalue weighted by Gasteiger charge is -2.27. The molecule has 0 heterocycles. The highest BCUT2D eigenvalue weighted by Gasteiger charge is 2.31. The highest BCUT2D eigenvalue weighted by molar-refractivity contribution is 9.10. The molecule has 0 atom stereocenters. The van der Waals surface area contributed by atoms with Crippen molar-refractivity contribution in [2.45, 2.75) is 44.0 Å². The van der Waals surface area contributed by atoms with Crippen LogP contribution in [0.2, 0.25) is 0 Å². The van der Waals surface area contributed by atoms with Gasteiger partial charge >= 0.3 is 6.18 Å². The summed E-state index contributed by atoms with van der Waals surface area (Å²) in [6, 6.07) is 3.95. The van der Waals surface area contributed by atoms with Crippen LogP contribution in [0.5, 0.6) is 0 Å². The van der Waals surface area contributed by atoms with E-state index < -0.39 is 11.7 Å². The van der Waals surface area contributed by atoms with Crippen LogP contribution in [0.4, 0.5) is 18.9 Å². The molecule has 2 rings (SSSR count). The maximum atomic E-state index is 12.7. The zero-order chi connectivity index (χ0) is 14.0. The number of benzene rings is 1. The summed E-state index contributed by atoms with van der Waals surface area (Å²) < 4.78 is 38.5. The van der Waals surface area contributed by atoms with Gasteiger partial charge in [-0.1, -0.05) is 15.9 Å². The molecule has 0 aromatic heterocycles. The first kappa shape index (κ1) is 14.7. The largest absolute Gasteiger partial charge is 0.416 e. The Balaban J connectivity index is 2.10. The molecule has 1 aliphatic carbocycles. The van der Waals surface area contributed by atoms with E-state index in [9.17, 15) is 18.3 Å². The SMILES string of the molecule is OC1CCC(Nc2cc(Br)cc(C(F)(F)F)c2)CC1. The van der Waals surface area contributed by atoms with Crippen LogP contribution in [0.3, 0.4) is 0 Å². The van der Waals surface area contributed by atoms with E-state index >= 15 is 0 Å². The lowest BCUT2D eigenvalue weighted by molar-refractivity contribution is -0.137. The number of aliphatic hydroxyl groups is 1. The third kappa shape index (κ3) is 4.11. The van der Waals surface area contributed by atoms with Gasteiger partial charge in [-0.25, -0.2) is 0 Å². The number of nitrogens with one attached hydrogen (secondary N) is 1. The van der Waals surface area contributed by atoms with Crippen molar-refractivity contribution in [1.29, 1.82) is 0 Å². The van der Waals surface area contributed by atoms with Gasteiger partial charge in [-0.3, -0.25) is 0 Å². The second-order valence-electron chi connectivity index (χ2n) is 4.88. The molecule has 1 aliphatic rings. The topological polar surface area (TPSA) is 32.3 Å². The van der Waals surface area contributed by atoms with E-state index in [1.165, 1.54) is 0 Å². The second kappa shape index (κ2) is 5.71. The van der Waals surface area contributed by atoms with Gasteiger partial charge in [-0.15, -0.1) is 0 Å². The molecule has 1 saturated carbocycles. The zero-order valence-corrected chi connectivity index (χ0v) is 11.8. The van der Waals surface area contributed by atoms with E-state index in [0.717, 1.165) is 25.0 Å². The molecule has 0 bridgehead atoms. The third-order valence-corrected chi connectivity index (χ3v) is 3.75. The molecule has 0 radical (unpaired) electrons. The molecular formula is C13H15BrF3NO. The maximum absolute atomic E-state index is 12.7. The van der Waals surface area contributed by atoms with Crippen LogP contribution >= 0.6 is 15.9 Å². The summed E-state index contributed by atoms with van der Waals surface area (Å²) in [5.74, 6) is 0. The summed E-state index contributed by atoms with van der Waals surface area (Å²) in [6.07, 6.45) is -1.69. The van der Waals surface area contributed by atoms with Gasteiger partial charge in [0.1, 0.15) is 0 Å². The maximum Gasteiger partial charge on any atom is 0.416 e. The van der Waals surface area contributed by atoms with Crippen LogP contribution in [0.25, 0.3) is 0 Å². The average molecular weight is 338 g/mol. The van der Waals surface area contributed by atoms with Crippen LogP contribution in [-0.4, -0.2) is 17.3 Å². The van der Waals surface area contributed by atoms with Gasteiger partial charge in [0.2, 0.25) is 0 Å². The minimum atomic E-state index is -4.34. The first-order valence-corrected chi connectivity index (χ1v) is 6.96. The highest BCUT2D eigenvalue weighted by Crippen LogP contribution is 2.34. The zero-order valence-electron chi connectivity index (χ0n) is 10.2. The summed E-state index contributed by atoms with van der Waals surface area (Å²) in [5, 5.41) is 12.5. The first-order valence-electron chi connectivity index (χ1n) is 6.17. The van der Waals surface area contributed by atoms with Gasteiger partial charge in [-0.05, 0) is 43.9 Å². The third-order valence-electron chi connectivity index (χ3n) is 3.29. The molecular weight excluding hydrogens is 323 g/mol. The summed E-state index contributed by atoms with van der Waals surface area (Å²) >= 11 is 3.10. The molecule has 0 unspecified atom stereocenters. The number of halogens is 4. The lowest BCUT2D eigenvalue weighted by atomic mass is 9.93. The van der Waals surface area contributed by atoms with Crippen molar-refractivity contribution in [3.05, 3.63) is 28.2 Å². The van der Waals surface area contributed by atoms with Crippen molar-refractivity contribution in [2.24, 2.45) is 0 Å². The average Bonchev–Trinajstić information content (AvgIpc) is 2.30. The smallest absolute Gasteiger partial charge is 0.393 e. The molecule has 1 aromatic carbocycles. The van der Waals surface area contributed by atoms with Gasteiger partial charge in [0.05, 0.1) is 11.7 Å². The quantitative estimate of drug-likeness (QED) is 0.848. The lowest BCUT2D eigenvalue weighted by Crippen LogP contribution is -2.28. The fraction of sp³-hybridized carbons (Fsp3) is 0.538. The standard InChI is InChI=1S/C13H15BrF3NO/c14-9-5-8(13(15,16)17)6-11(7-9)18-10-1-3-12(19)4-2-10/h5-7,10,12,18-19H,1-4H2. The fourth-order valence-corrected chi connectivity index (χ4v) is 2.79. The minimum absolute atomic E-state index is 0.124. The Morgan fingerprint density at radius 1 is 1.11 bits per heavy atom. The number of alkyl halides is 3. The Morgan fingerprint density at radius 3 is 2.32 bits per heavy atom. The van der Waals surface area contributed by atoms with Gasteiger partial charge in [0, 0.05) is 16.2 Å². The van der Waals surface area contributed by atoms with E-state index in [-0.39, 0.29) is 12.1 Å². The van der Waals surface area contributed by atoms with Gasteiger partial charge in [0.15, 0.2) is 0 Å². The predicted molar refractivity (Wildman–Crippen MR) is 71.0 cm³/mol. The molecule has 2 nitrogen and oxygen atoms in total. The van der Waals surface area contributed by atoms with Crippen molar-refractivity contribution in [3.63, 3.8) is 0 Å².